The fourth-order valence-corrected chi connectivity index (χ4v) is 1.70. The lowest BCUT2D eigenvalue weighted by Gasteiger charge is -2.11. The number of anilines is 1. The van der Waals surface area contributed by atoms with Gasteiger partial charge in [0.25, 0.3) is 0 Å². The molecule has 0 atom stereocenters. The van der Waals surface area contributed by atoms with Gasteiger partial charge in [-0.2, -0.15) is 5.26 Å². The monoisotopic (exact) mass is 269 g/mol. The van der Waals surface area contributed by atoms with Gasteiger partial charge in [-0.05, 0) is 25.1 Å². The number of nitrogens with one attached hydrogen (secondary N) is 1. The molecule has 102 valence electrons. The zero-order valence-corrected chi connectivity index (χ0v) is 11.4. The van der Waals surface area contributed by atoms with E-state index in [9.17, 15) is 0 Å². The Morgan fingerprint density at radius 3 is 2.80 bits per heavy atom. The first-order valence-electron chi connectivity index (χ1n) is 6.22. The van der Waals surface area contributed by atoms with Crippen LogP contribution in [0.15, 0.2) is 36.5 Å². The molecule has 1 heterocycles. The largest absolute Gasteiger partial charge is 0.493 e. The number of hydrogen-bond acceptors (Lipinski definition) is 5. The molecule has 0 radical (unpaired) electrons. The van der Waals surface area contributed by atoms with E-state index < -0.39 is 0 Å². The Bertz CT molecular complexity index is 635. The third-order valence-electron chi connectivity index (χ3n) is 2.61. The van der Waals surface area contributed by atoms with E-state index >= 15 is 0 Å². The highest BCUT2D eigenvalue weighted by Crippen LogP contribution is 2.32. The average Bonchev–Trinajstić information content (AvgIpc) is 2.48. The molecular weight excluding hydrogens is 254 g/mol. The molecule has 0 fully saturated rings. The van der Waals surface area contributed by atoms with Gasteiger partial charge in [-0.25, -0.2) is 4.98 Å². The third-order valence-corrected chi connectivity index (χ3v) is 2.61. The number of nitrogens with zero attached hydrogens (tertiary/aromatic N) is 2. The predicted molar refractivity (Wildman–Crippen MR) is 76.2 cm³/mol. The molecule has 2 aromatic rings. The number of aromatic nitrogens is 1. The van der Waals surface area contributed by atoms with E-state index in [1.807, 2.05) is 6.92 Å². The molecule has 5 heteroatoms. The zero-order chi connectivity index (χ0) is 14.4. The fourth-order valence-electron chi connectivity index (χ4n) is 1.70. The molecule has 0 spiro atoms. The normalized spacial score (nSPS) is 9.65. The topological polar surface area (TPSA) is 67.2 Å². The lowest BCUT2D eigenvalue weighted by Crippen LogP contribution is -1.99. The van der Waals surface area contributed by atoms with Gasteiger partial charge < -0.3 is 14.8 Å². The minimum absolute atomic E-state index is 0.519. The molecule has 0 saturated heterocycles. The summed E-state index contributed by atoms with van der Waals surface area (Å²) < 4.78 is 11.0. The average molecular weight is 269 g/mol. The number of benzene rings is 1. The molecule has 1 aromatic carbocycles. The van der Waals surface area contributed by atoms with Crippen LogP contribution in [0.4, 0.5) is 5.82 Å². The molecule has 0 aliphatic rings. The van der Waals surface area contributed by atoms with Crippen molar-refractivity contribution >= 4 is 5.82 Å². The summed E-state index contributed by atoms with van der Waals surface area (Å²) in [6, 6.07) is 10.7. The van der Waals surface area contributed by atoms with E-state index in [1.54, 1.807) is 43.6 Å². The third kappa shape index (κ3) is 3.18. The van der Waals surface area contributed by atoms with Gasteiger partial charge >= 0.3 is 0 Å². The second kappa shape index (κ2) is 6.43. The number of nitriles is 1. The van der Waals surface area contributed by atoms with Crippen molar-refractivity contribution in [3.63, 3.8) is 0 Å². The summed E-state index contributed by atoms with van der Waals surface area (Å²) in [6.07, 6.45) is 1.67. The van der Waals surface area contributed by atoms with E-state index in [-0.39, 0.29) is 0 Å². The zero-order valence-electron chi connectivity index (χ0n) is 11.4. The highest BCUT2D eigenvalue weighted by molar-refractivity contribution is 5.49. The van der Waals surface area contributed by atoms with E-state index in [0.29, 0.717) is 22.8 Å². The molecular formula is C15H15N3O2. The molecule has 0 saturated carbocycles. The summed E-state index contributed by atoms with van der Waals surface area (Å²) >= 11 is 0. The van der Waals surface area contributed by atoms with Gasteiger partial charge in [0, 0.05) is 24.9 Å². The van der Waals surface area contributed by atoms with Crippen LogP contribution in [0.3, 0.4) is 0 Å². The summed E-state index contributed by atoms with van der Waals surface area (Å²) in [7, 11) is 1.54. The number of rotatable bonds is 5. The van der Waals surface area contributed by atoms with Gasteiger partial charge in [0.15, 0.2) is 11.5 Å². The Hall–Kier alpha value is -2.74. The van der Waals surface area contributed by atoms with E-state index in [1.165, 1.54) is 0 Å². The van der Waals surface area contributed by atoms with Crippen LogP contribution in [-0.4, -0.2) is 18.6 Å². The standard InChI is InChI=1S/C15H15N3O2/c1-3-17-15-9-12(6-7-18-15)20-13-5-4-11(10-16)8-14(13)19-2/h4-9H,3H2,1-2H3,(H,17,18). The number of methoxy groups -OCH3 is 1. The Labute approximate surface area is 117 Å². The van der Waals surface area contributed by atoms with E-state index in [4.69, 9.17) is 14.7 Å². The minimum atomic E-state index is 0.519. The number of pyridine rings is 1. The maximum absolute atomic E-state index is 8.87. The molecule has 2 rings (SSSR count). The van der Waals surface area contributed by atoms with Crippen molar-refractivity contribution in [3.05, 3.63) is 42.1 Å². The van der Waals surface area contributed by atoms with Crippen molar-refractivity contribution < 1.29 is 9.47 Å². The van der Waals surface area contributed by atoms with Crippen LogP contribution in [0.25, 0.3) is 0 Å². The quantitative estimate of drug-likeness (QED) is 0.902. The van der Waals surface area contributed by atoms with Crippen LogP contribution in [-0.2, 0) is 0 Å². The molecule has 0 bridgehead atoms. The SMILES string of the molecule is CCNc1cc(Oc2ccc(C#N)cc2OC)ccn1. The maximum Gasteiger partial charge on any atom is 0.169 e. The fraction of sp³-hybridized carbons (Fsp3) is 0.200. The summed E-state index contributed by atoms with van der Waals surface area (Å²) in [5, 5.41) is 12.0. The lowest BCUT2D eigenvalue weighted by molar-refractivity contribution is 0.378. The van der Waals surface area contributed by atoms with Gasteiger partial charge in [0.05, 0.1) is 18.7 Å². The number of ether oxygens (including phenoxy) is 2. The molecule has 5 nitrogen and oxygen atoms in total. The molecule has 1 aromatic heterocycles. The highest BCUT2D eigenvalue weighted by atomic mass is 16.5. The van der Waals surface area contributed by atoms with Crippen LogP contribution in [0.2, 0.25) is 0 Å². The molecule has 0 aliphatic carbocycles. The van der Waals surface area contributed by atoms with Crippen molar-refractivity contribution in [2.24, 2.45) is 0 Å². The molecule has 0 aliphatic heterocycles. The molecule has 20 heavy (non-hydrogen) atoms. The van der Waals surface area contributed by atoms with Crippen molar-refractivity contribution in [3.8, 4) is 23.3 Å². The summed E-state index contributed by atoms with van der Waals surface area (Å²) in [5.41, 5.74) is 0.525. The van der Waals surface area contributed by atoms with E-state index in [0.717, 1.165) is 12.4 Å². The van der Waals surface area contributed by atoms with Crippen molar-refractivity contribution in [1.29, 1.82) is 5.26 Å². The predicted octanol–water partition coefficient (Wildman–Crippen LogP) is 3.19. The Morgan fingerprint density at radius 2 is 2.10 bits per heavy atom. The Balaban J connectivity index is 2.25. The van der Waals surface area contributed by atoms with Crippen molar-refractivity contribution in [2.45, 2.75) is 6.92 Å². The second-order valence-corrected chi connectivity index (χ2v) is 3.99. The molecule has 0 amide bonds. The Kier molecular flexibility index (Phi) is 4.40. The lowest BCUT2D eigenvalue weighted by atomic mass is 10.2. The van der Waals surface area contributed by atoms with Gasteiger partial charge in [-0.1, -0.05) is 0 Å². The van der Waals surface area contributed by atoms with Crippen LogP contribution in [0.1, 0.15) is 12.5 Å². The van der Waals surface area contributed by atoms with Crippen molar-refractivity contribution in [2.75, 3.05) is 19.0 Å². The van der Waals surface area contributed by atoms with Crippen LogP contribution in [0.5, 0.6) is 17.2 Å². The van der Waals surface area contributed by atoms with Gasteiger partial charge in [-0.3, -0.25) is 0 Å². The van der Waals surface area contributed by atoms with Gasteiger partial charge in [0.1, 0.15) is 11.6 Å². The summed E-state index contributed by atoms with van der Waals surface area (Å²) in [6.45, 7) is 2.79. The van der Waals surface area contributed by atoms with E-state index in [2.05, 4.69) is 16.4 Å². The maximum atomic E-state index is 8.87. The molecule has 0 unspecified atom stereocenters. The second-order valence-electron chi connectivity index (χ2n) is 3.99. The Morgan fingerprint density at radius 1 is 1.25 bits per heavy atom. The smallest absolute Gasteiger partial charge is 0.169 e. The van der Waals surface area contributed by atoms with Gasteiger partial charge in [0.2, 0.25) is 0 Å². The molecule has 1 N–H and O–H groups in total. The number of hydrogen-bond donors (Lipinski definition) is 1. The first kappa shape index (κ1) is 13.7. The van der Waals surface area contributed by atoms with Crippen LogP contribution in [0, 0.1) is 11.3 Å². The summed E-state index contributed by atoms with van der Waals surface area (Å²) in [4.78, 5) is 4.18. The minimum Gasteiger partial charge on any atom is -0.493 e. The van der Waals surface area contributed by atoms with Crippen LogP contribution >= 0.6 is 0 Å². The van der Waals surface area contributed by atoms with Crippen LogP contribution < -0.4 is 14.8 Å². The first-order chi connectivity index (χ1) is 9.76. The first-order valence-corrected chi connectivity index (χ1v) is 6.22. The summed E-state index contributed by atoms with van der Waals surface area (Å²) in [5.74, 6) is 2.47. The van der Waals surface area contributed by atoms with Crippen molar-refractivity contribution in [1.82, 2.24) is 4.98 Å². The highest BCUT2D eigenvalue weighted by Gasteiger charge is 2.07. The van der Waals surface area contributed by atoms with Gasteiger partial charge in [-0.15, -0.1) is 0 Å².